The molecule has 3 unspecified atom stereocenters. The van der Waals surface area contributed by atoms with Gasteiger partial charge in [0.15, 0.2) is 0 Å². The van der Waals surface area contributed by atoms with Crippen molar-refractivity contribution in [3.8, 4) is 0 Å². The van der Waals surface area contributed by atoms with Crippen LogP contribution in [0.5, 0.6) is 0 Å². The maximum atomic E-state index is 12.5. The van der Waals surface area contributed by atoms with E-state index in [1.54, 1.807) is 7.05 Å². The van der Waals surface area contributed by atoms with Crippen molar-refractivity contribution in [1.29, 1.82) is 0 Å². The van der Waals surface area contributed by atoms with Gasteiger partial charge in [0.2, 0.25) is 5.91 Å². The fourth-order valence-electron chi connectivity index (χ4n) is 3.80. The predicted molar refractivity (Wildman–Crippen MR) is 78.7 cm³/mol. The first-order valence-electron chi connectivity index (χ1n) is 7.63. The highest BCUT2D eigenvalue weighted by atomic mass is 16.4. The first kappa shape index (κ1) is 14.1. The molecule has 3 atom stereocenters. The summed E-state index contributed by atoms with van der Waals surface area (Å²) in [5.74, 6) is 0.215. The monoisotopic (exact) mass is 287 g/mol. The average molecular weight is 287 g/mol. The fourth-order valence-corrected chi connectivity index (χ4v) is 3.80. The van der Waals surface area contributed by atoms with Crippen molar-refractivity contribution in [3.63, 3.8) is 0 Å². The molecule has 2 aliphatic rings. The highest BCUT2D eigenvalue weighted by molar-refractivity contribution is 5.87. The summed E-state index contributed by atoms with van der Waals surface area (Å²) < 4.78 is 0. The maximum absolute atomic E-state index is 12.5. The minimum absolute atomic E-state index is 0.0213. The van der Waals surface area contributed by atoms with Crippen molar-refractivity contribution < 1.29 is 14.7 Å². The molecule has 1 N–H and O–H groups in total. The zero-order valence-electron chi connectivity index (χ0n) is 12.2. The van der Waals surface area contributed by atoms with Gasteiger partial charge in [0.05, 0.1) is 0 Å². The summed E-state index contributed by atoms with van der Waals surface area (Å²) in [5, 5.41) is 9.47. The third-order valence-corrected chi connectivity index (χ3v) is 5.06. The first-order valence-corrected chi connectivity index (χ1v) is 7.63. The lowest BCUT2D eigenvalue weighted by molar-refractivity contribution is -0.149. The van der Waals surface area contributed by atoms with Crippen LogP contribution in [0.1, 0.15) is 24.8 Å². The van der Waals surface area contributed by atoms with Crippen molar-refractivity contribution in [2.75, 3.05) is 7.05 Å². The summed E-state index contributed by atoms with van der Waals surface area (Å²) in [5.41, 5.74) is 0.945. The van der Waals surface area contributed by atoms with Crippen LogP contribution in [0.3, 0.4) is 0 Å². The van der Waals surface area contributed by atoms with Crippen molar-refractivity contribution in [3.05, 3.63) is 35.9 Å². The minimum atomic E-state index is -0.930. The van der Waals surface area contributed by atoms with E-state index in [9.17, 15) is 14.7 Å². The van der Waals surface area contributed by atoms with E-state index >= 15 is 0 Å². The molecule has 0 heterocycles. The van der Waals surface area contributed by atoms with Gasteiger partial charge in [0.1, 0.15) is 6.04 Å². The second-order valence-electron chi connectivity index (χ2n) is 6.28. The van der Waals surface area contributed by atoms with Crippen LogP contribution >= 0.6 is 0 Å². The van der Waals surface area contributed by atoms with Gasteiger partial charge < -0.3 is 10.0 Å². The number of nitrogens with zero attached hydrogens (tertiary/aromatic N) is 1. The number of carboxylic acids is 1. The molecule has 1 aromatic carbocycles. The molecular weight excluding hydrogens is 266 g/mol. The van der Waals surface area contributed by atoms with E-state index in [-0.39, 0.29) is 11.8 Å². The number of aliphatic carboxylic acids is 1. The number of carboxylic acid groups (broad SMARTS) is 1. The molecule has 0 aliphatic heterocycles. The van der Waals surface area contributed by atoms with Crippen LogP contribution in [0.25, 0.3) is 0 Å². The molecule has 1 aromatic rings. The number of hydrogen-bond acceptors (Lipinski definition) is 2. The van der Waals surface area contributed by atoms with Crippen molar-refractivity contribution >= 4 is 11.9 Å². The van der Waals surface area contributed by atoms with Crippen LogP contribution in [0.2, 0.25) is 0 Å². The van der Waals surface area contributed by atoms with Gasteiger partial charge in [-0.15, -0.1) is 0 Å². The summed E-state index contributed by atoms with van der Waals surface area (Å²) in [4.78, 5) is 25.5. The molecule has 2 aliphatic carbocycles. The molecule has 0 radical (unpaired) electrons. The summed E-state index contributed by atoms with van der Waals surface area (Å²) in [6.45, 7) is 0. The molecule has 0 bridgehead atoms. The Balaban J connectivity index is 1.68. The zero-order valence-corrected chi connectivity index (χ0v) is 12.2. The smallest absolute Gasteiger partial charge is 0.326 e. The molecule has 3 rings (SSSR count). The summed E-state index contributed by atoms with van der Waals surface area (Å²) in [6.07, 6.45) is 3.84. The van der Waals surface area contributed by atoms with Crippen LogP contribution < -0.4 is 0 Å². The normalized spacial score (nSPS) is 27.8. The Morgan fingerprint density at radius 2 is 1.86 bits per heavy atom. The Morgan fingerprint density at radius 1 is 1.24 bits per heavy atom. The number of fused-ring (bicyclic) bond motifs is 1. The van der Waals surface area contributed by atoms with Crippen molar-refractivity contribution in [2.45, 2.75) is 31.7 Å². The van der Waals surface area contributed by atoms with Gasteiger partial charge in [-0.2, -0.15) is 0 Å². The molecule has 0 aromatic heterocycles. The first-order chi connectivity index (χ1) is 10.1. The Hall–Kier alpha value is -1.84. The molecule has 2 fully saturated rings. The lowest BCUT2D eigenvalue weighted by Crippen LogP contribution is -2.45. The number of amides is 1. The molecule has 2 saturated carbocycles. The maximum Gasteiger partial charge on any atom is 0.326 e. The van der Waals surface area contributed by atoms with Gasteiger partial charge in [-0.1, -0.05) is 36.8 Å². The molecule has 4 heteroatoms. The second kappa shape index (κ2) is 5.51. The van der Waals surface area contributed by atoms with Gasteiger partial charge in [-0.3, -0.25) is 4.79 Å². The standard InChI is InChI=1S/C17H21NO3/c1-18(16(19)15-12-8-5-9-13(12)15)14(17(20)21)10-11-6-3-2-4-7-11/h2-4,6-7,12-15H,5,8-10H2,1H3,(H,20,21). The number of likely N-dealkylation sites (N-methyl/N-ethyl adjacent to an activating group) is 1. The quantitative estimate of drug-likeness (QED) is 0.903. The largest absolute Gasteiger partial charge is 0.480 e. The molecular formula is C17H21NO3. The lowest BCUT2D eigenvalue weighted by atomic mass is 10.0. The van der Waals surface area contributed by atoms with Crippen LogP contribution in [0.4, 0.5) is 0 Å². The van der Waals surface area contributed by atoms with Gasteiger partial charge in [-0.25, -0.2) is 4.79 Å². The van der Waals surface area contributed by atoms with E-state index in [0.717, 1.165) is 18.4 Å². The van der Waals surface area contributed by atoms with Crippen LogP contribution in [0, 0.1) is 17.8 Å². The SMILES string of the molecule is CN(C(=O)C1C2CCCC21)C(Cc1ccccc1)C(=O)O. The van der Waals surface area contributed by atoms with Crippen molar-refractivity contribution in [1.82, 2.24) is 4.90 Å². The molecule has 112 valence electrons. The zero-order chi connectivity index (χ0) is 15.0. The second-order valence-corrected chi connectivity index (χ2v) is 6.28. The lowest BCUT2D eigenvalue weighted by Gasteiger charge is -2.25. The molecule has 21 heavy (non-hydrogen) atoms. The summed E-state index contributed by atoms with van der Waals surface area (Å²) >= 11 is 0. The number of benzene rings is 1. The molecule has 0 spiro atoms. The highest BCUT2D eigenvalue weighted by Crippen LogP contribution is 2.58. The Kier molecular flexibility index (Phi) is 3.70. The number of carbonyl (C=O) groups is 2. The van der Waals surface area contributed by atoms with Crippen molar-refractivity contribution in [2.24, 2.45) is 17.8 Å². The molecule has 1 amide bonds. The van der Waals surface area contributed by atoms with Crippen LogP contribution in [0.15, 0.2) is 30.3 Å². The number of rotatable bonds is 5. The van der Waals surface area contributed by atoms with Gasteiger partial charge >= 0.3 is 5.97 Å². The number of hydrogen-bond donors (Lipinski definition) is 1. The highest BCUT2D eigenvalue weighted by Gasteiger charge is 2.57. The van der Waals surface area contributed by atoms with E-state index in [0.29, 0.717) is 18.3 Å². The Labute approximate surface area is 124 Å². The molecule has 0 saturated heterocycles. The number of carbonyl (C=O) groups excluding carboxylic acids is 1. The fraction of sp³-hybridized carbons (Fsp3) is 0.529. The van der Waals surface area contributed by atoms with Gasteiger partial charge in [0, 0.05) is 19.4 Å². The third-order valence-electron chi connectivity index (χ3n) is 5.06. The third kappa shape index (κ3) is 2.67. The van der Waals surface area contributed by atoms with Crippen LogP contribution in [-0.2, 0) is 16.0 Å². The topological polar surface area (TPSA) is 57.6 Å². The van der Waals surface area contributed by atoms with Crippen LogP contribution in [-0.4, -0.2) is 35.0 Å². The van der Waals surface area contributed by atoms with Gasteiger partial charge in [0.25, 0.3) is 0 Å². The van der Waals surface area contributed by atoms with E-state index in [1.165, 1.54) is 11.3 Å². The summed E-state index contributed by atoms with van der Waals surface area (Å²) in [7, 11) is 1.64. The predicted octanol–water partition coefficient (Wildman–Crippen LogP) is 2.19. The van der Waals surface area contributed by atoms with E-state index in [2.05, 4.69) is 0 Å². The van der Waals surface area contributed by atoms with E-state index in [4.69, 9.17) is 0 Å². The molecule has 4 nitrogen and oxygen atoms in total. The Morgan fingerprint density at radius 3 is 2.43 bits per heavy atom. The Bertz CT molecular complexity index is 532. The minimum Gasteiger partial charge on any atom is -0.480 e. The van der Waals surface area contributed by atoms with E-state index < -0.39 is 12.0 Å². The van der Waals surface area contributed by atoms with Gasteiger partial charge in [-0.05, 0) is 30.2 Å². The summed E-state index contributed by atoms with van der Waals surface area (Å²) in [6, 6.07) is 8.71. The average Bonchev–Trinajstić information content (AvgIpc) is 2.96. The van der Waals surface area contributed by atoms with E-state index in [1.807, 2.05) is 30.3 Å².